The van der Waals surface area contributed by atoms with Crippen LogP contribution in [0.4, 0.5) is 4.39 Å². The quantitative estimate of drug-likeness (QED) is 0.374. The molecule has 0 spiro atoms. The maximum Gasteiger partial charge on any atom is 0.251 e. The van der Waals surface area contributed by atoms with E-state index in [9.17, 15) is 9.18 Å². The summed E-state index contributed by atoms with van der Waals surface area (Å²) in [6.45, 7) is 1.42. The zero-order chi connectivity index (χ0) is 21.5. The van der Waals surface area contributed by atoms with Crippen molar-refractivity contribution in [2.45, 2.75) is 32.2 Å². The number of hydrogen-bond donors (Lipinski definition) is 1. The third kappa shape index (κ3) is 5.37. The molecule has 4 nitrogen and oxygen atoms in total. The van der Waals surface area contributed by atoms with Crippen LogP contribution in [0.15, 0.2) is 78.9 Å². The molecule has 0 fully saturated rings. The van der Waals surface area contributed by atoms with E-state index >= 15 is 0 Å². The van der Waals surface area contributed by atoms with Gasteiger partial charge in [0.1, 0.15) is 11.6 Å². The molecule has 0 saturated carbocycles. The molecule has 4 rings (SSSR count). The molecule has 0 radical (unpaired) electrons. The molecule has 0 atom stereocenters. The highest BCUT2D eigenvalue weighted by Crippen LogP contribution is 2.19. The Morgan fingerprint density at radius 1 is 0.871 bits per heavy atom. The molecule has 1 N–H and O–H groups in total. The van der Waals surface area contributed by atoms with Gasteiger partial charge in [-0.1, -0.05) is 48.9 Å². The first kappa shape index (κ1) is 20.8. The number of carbonyl (C=O) groups excluding carboxylic acids is 1. The van der Waals surface area contributed by atoms with Gasteiger partial charge in [-0.05, 0) is 54.8 Å². The van der Waals surface area contributed by atoms with Gasteiger partial charge in [0.25, 0.3) is 5.91 Å². The summed E-state index contributed by atoms with van der Waals surface area (Å²) in [5, 5.41) is 2.90. The SMILES string of the molecule is O=C(NCCCCCc1nc2ccccc2n1Cc1ccccc1)c1ccc(F)cc1. The van der Waals surface area contributed by atoms with E-state index in [4.69, 9.17) is 4.98 Å². The molecular formula is C26H26FN3O. The van der Waals surface area contributed by atoms with Crippen LogP contribution >= 0.6 is 0 Å². The summed E-state index contributed by atoms with van der Waals surface area (Å²) in [6.07, 6.45) is 3.79. The Labute approximate surface area is 181 Å². The minimum atomic E-state index is -0.338. The lowest BCUT2D eigenvalue weighted by molar-refractivity contribution is 0.0953. The Hall–Kier alpha value is -3.47. The van der Waals surface area contributed by atoms with Gasteiger partial charge >= 0.3 is 0 Å². The third-order valence-electron chi connectivity index (χ3n) is 5.39. The number of aryl methyl sites for hydroxylation is 1. The topological polar surface area (TPSA) is 46.9 Å². The van der Waals surface area contributed by atoms with Crippen LogP contribution in [-0.4, -0.2) is 22.0 Å². The maximum absolute atomic E-state index is 13.0. The molecule has 5 heteroatoms. The number of rotatable bonds is 9. The number of amides is 1. The van der Waals surface area contributed by atoms with Crippen molar-refractivity contribution in [3.05, 3.63) is 102 Å². The van der Waals surface area contributed by atoms with Gasteiger partial charge in [-0.25, -0.2) is 9.37 Å². The van der Waals surface area contributed by atoms with Crippen LogP contribution < -0.4 is 5.32 Å². The molecule has 4 aromatic rings. The van der Waals surface area contributed by atoms with Gasteiger partial charge in [0.05, 0.1) is 11.0 Å². The zero-order valence-corrected chi connectivity index (χ0v) is 17.4. The number of fused-ring (bicyclic) bond motifs is 1. The number of para-hydroxylation sites is 2. The van der Waals surface area contributed by atoms with Gasteiger partial charge in [-0.15, -0.1) is 0 Å². The van der Waals surface area contributed by atoms with Crippen molar-refractivity contribution < 1.29 is 9.18 Å². The van der Waals surface area contributed by atoms with Crippen molar-refractivity contribution in [1.29, 1.82) is 0 Å². The van der Waals surface area contributed by atoms with Crippen LogP contribution in [0, 0.1) is 5.82 Å². The molecule has 1 amide bonds. The Balaban J connectivity index is 1.30. The van der Waals surface area contributed by atoms with E-state index in [1.807, 2.05) is 12.1 Å². The molecule has 1 aromatic heterocycles. The highest BCUT2D eigenvalue weighted by atomic mass is 19.1. The number of nitrogens with zero attached hydrogens (tertiary/aromatic N) is 2. The van der Waals surface area contributed by atoms with E-state index in [1.165, 1.54) is 29.8 Å². The summed E-state index contributed by atoms with van der Waals surface area (Å²) in [6, 6.07) is 24.3. The van der Waals surface area contributed by atoms with E-state index < -0.39 is 0 Å². The van der Waals surface area contributed by atoms with Gasteiger partial charge in [-0.3, -0.25) is 4.79 Å². The van der Waals surface area contributed by atoms with Crippen molar-refractivity contribution in [1.82, 2.24) is 14.9 Å². The maximum atomic E-state index is 13.0. The molecule has 0 bridgehead atoms. The first-order valence-electron chi connectivity index (χ1n) is 10.7. The number of aromatic nitrogens is 2. The fraction of sp³-hybridized carbons (Fsp3) is 0.231. The first-order chi connectivity index (χ1) is 15.2. The second-order valence-corrected chi connectivity index (χ2v) is 7.66. The highest BCUT2D eigenvalue weighted by molar-refractivity contribution is 5.94. The normalized spacial score (nSPS) is 11.0. The molecule has 3 aromatic carbocycles. The van der Waals surface area contributed by atoms with Crippen LogP contribution in [0.5, 0.6) is 0 Å². The van der Waals surface area contributed by atoms with Crippen LogP contribution in [0.1, 0.15) is 41.0 Å². The second-order valence-electron chi connectivity index (χ2n) is 7.66. The van der Waals surface area contributed by atoms with E-state index in [1.54, 1.807) is 0 Å². The van der Waals surface area contributed by atoms with E-state index in [-0.39, 0.29) is 11.7 Å². The number of carbonyl (C=O) groups is 1. The lowest BCUT2D eigenvalue weighted by Crippen LogP contribution is -2.24. The average molecular weight is 416 g/mol. The minimum Gasteiger partial charge on any atom is -0.352 e. The molecule has 0 saturated heterocycles. The number of hydrogen-bond acceptors (Lipinski definition) is 2. The largest absolute Gasteiger partial charge is 0.352 e. The molecule has 0 unspecified atom stereocenters. The van der Waals surface area contributed by atoms with Gasteiger partial charge in [-0.2, -0.15) is 0 Å². The van der Waals surface area contributed by atoms with Crippen LogP contribution in [0.2, 0.25) is 0 Å². The fourth-order valence-corrected chi connectivity index (χ4v) is 3.75. The second kappa shape index (κ2) is 10.0. The number of halogens is 1. The monoisotopic (exact) mass is 415 g/mol. The van der Waals surface area contributed by atoms with Crippen LogP contribution in [0.25, 0.3) is 11.0 Å². The Kier molecular flexibility index (Phi) is 6.72. The Morgan fingerprint density at radius 3 is 2.42 bits per heavy atom. The van der Waals surface area contributed by atoms with Gasteiger partial charge < -0.3 is 9.88 Å². The standard InChI is InChI=1S/C26H26FN3O/c27-22-16-14-21(15-17-22)26(31)28-18-8-2-5-13-25-29-23-11-6-7-12-24(23)30(25)19-20-9-3-1-4-10-20/h1,3-4,6-7,9-12,14-17H,2,5,8,13,18-19H2,(H,28,31). The summed E-state index contributed by atoms with van der Waals surface area (Å²) < 4.78 is 15.3. The van der Waals surface area contributed by atoms with Gasteiger partial charge in [0.2, 0.25) is 0 Å². The highest BCUT2D eigenvalue weighted by Gasteiger charge is 2.11. The Bertz CT molecular complexity index is 1140. The molecular weight excluding hydrogens is 389 g/mol. The first-order valence-corrected chi connectivity index (χ1v) is 10.7. The predicted octanol–water partition coefficient (Wildman–Crippen LogP) is 5.37. The Morgan fingerprint density at radius 2 is 1.61 bits per heavy atom. The number of unbranched alkanes of at least 4 members (excludes halogenated alkanes) is 2. The van der Waals surface area contributed by atoms with Crippen molar-refractivity contribution in [2.24, 2.45) is 0 Å². The number of imidazole rings is 1. The summed E-state index contributed by atoms with van der Waals surface area (Å²) in [5.41, 5.74) is 3.93. The third-order valence-corrected chi connectivity index (χ3v) is 5.39. The molecule has 158 valence electrons. The summed E-state index contributed by atoms with van der Waals surface area (Å²) in [4.78, 5) is 16.9. The smallest absolute Gasteiger partial charge is 0.251 e. The van der Waals surface area contributed by atoms with Crippen molar-refractivity contribution in [2.75, 3.05) is 6.54 Å². The van der Waals surface area contributed by atoms with Crippen molar-refractivity contribution in [3.63, 3.8) is 0 Å². The lowest BCUT2D eigenvalue weighted by atomic mass is 10.1. The minimum absolute atomic E-state index is 0.162. The zero-order valence-electron chi connectivity index (χ0n) is 17.4. The van der Waals surface area contributed by atoms with Crippen LogP contribution in [0.3, 0.4) is 0 Å². The summed E-state index contributed by atoms with van der Waals surface area (Å²) in [7, 11) is 0. The summed E-state index contributed by atoms with van der Waals surface area (Å²) in [5.74, 6) is 0.597. The van der Waals surface area contributed by atoms with Gasteiger partial charge in [0.15, 0.2) is 0 Å². The van der Waals surface area contributed by atoms with Crippen molar-refractivity contribution in [3.8, 4) is 0 Å². The predicted molar refractivity (Wildman–Crippen MR) is 122 cm³/mol. The summed E-state index contributed by atoms with van der Waals surface area (Å²) >= 11 is 0. The molecule has 31 heavy (non-hydrogen) atoms. The van der Waals surface area contributed by atoms with Crippen molar-refractivity contribution >= 4 is 16.9 Å². The van der Waals surface area contributed by atoms with Gasteiger partial charge in [0, 0.05) is 25.1 Å². The average Bonchev–Trinajstić information content (AvgIpc) is 3.14. The fourth-order valence-electron chi connectivity index (χ4n) is 3.75. The number of nitrogens with one attached hydrogen (secondary N) is 1. The molecule has 0 aliphatic heterocycles. The van der Waals surface area contributed by atoms with E-state index in [2.05, 4.69) is 52.3 Å². The van der Waals surface area contributed by atoms with E-state index in [0.717, 1.165) is 49.1 Å². The molecule has 0 aliphatic carbocycles. The van der Waals surface area contributed by atoms with E-state index in [0.29, 0.717) is 12.1 Å². The lowest BCUT2D eigenvalue weighted by Gasteiger charge is -2.10. The molecule has 1 heterocycles. The molecule has 0 aliphatic rings. The number of benzene rings is 3. The van der Waals surface area contributed by atoms with Crippen LogP contribution in [-0.2, 0) is 13.0 Å².